The normalized spacial score (nSPS) is 19.6. The molecule has 0 saturated carbocycles. The quantitative estimate of drug-likeness (QED) is 0.459. The molecule has 0 radical (unpaired) electrons. The van der Waals surface area contributed by atoms with Crippen molar-refractivity contribution in [1.82, 2.24) is 0 Å². The number of carboxylic acid groups (broad SMARTS) is 1. The van der Waals surface area contributed by atoms with Gasteiger partial charge in [0.1, 0.15) is 12.6 Å². The van der Waals surface area contributed by atoms with Crippen LogP contribution in [-0.2, 0) is 17.8 Å². The maximum Gasteiger partial charge on any atom is 0.166 e. The van der Waals surface area contributed by atoms with E-state index >= 15 is 0 Å². The molecule has 1 atom stereocenters. The van der Waals surface area contributed by atoms with Crippen LogP contribution in [-0.4, -0.2) is 22.2 Å². The molecule has 4 N–H and O–H groups in total. The molecule has 0 spiro atoms. The van der Waals surface area contributed by atoms with Gasteiger partial charge < -0.3 is 25.4 Å². The number of aliphatic carboxylic acids is 1. The highest BCUT2D eigenvalue weighted by atomic mass is 16.4. The van der Waals surface area contributed by atoms with Gasteiger partial charge in [-0.05, 0) is 11.6 Å². The van der Waals surface area contributed by atoms with Crippen LogP contribution in [0.1, 0.15) is 11.1 Å². The van der Waals surface area contributed by atoms with Gasteiger partial charge >= 0.3 is 0 Å². The van der Waals surface area contributed by atoms with Crippen LogP contribution in [0.5, 0.6) is 11.5 Å². The van der Waals surface area contributed by atoms with E-state index in [1.165, 1.54) is 6.07 Å². The zero-order valence-electron chi connectivity index (χ0n) is 7.93. The van der Waals surface area contributed by atoms with E-state index in [1.807, 2.05) is 0 Å². The Kier molecular flexibility index (Phi) is 2.24. The molecule has 1 heterocycles. The maximum absolute atomic E-state index is 10.7. The summed E-state index contributed by atoms with van der Waals surface area (Å²) in [7, 11) is 0. The first-order valence-corrected chi connectivity index (χ1v) is 4.66. The predicted molar refractivity (Wildman–Crippen MR) is 47.9 cm³/mol. The van der Waals surface area contributed by atoms with E-state index in [-0.39, 0.29) is 11.5 Å². The molecule has 0 bridgehead atoms. The van der Waals surface area contributed by atoms with E-state index in [1.54, 1.807) is 11.4 Å². The van der Waals surface area contributed by atoms with Gasteiger partial charge in [-0.15, -0.1) is 0 Å². The minimum atomic E-state index is -1.10. The second kappa shape index (κ2) is 3.43. The third-order valence-corrected chi connectivity index (χ3v) is 2.71. The molecule has 0 fully saturated rings. The van der Waals surface area contributed by atoms with E-state index in [0.29, 0.717) is 18.5 Å². The van der Waals surface area contributed by atoms with Crippen molar-refractivity contribution in [3.63, 3.8) is 0 Å². The molecule has 80 valence electrons. The highest BCUT2D eigenvalue weighted by Crippen LogP contribution is 2.32. The first-order valence-electron chi connectivity index (χ1n) is 4.66. The molecule has 1 aliphatic heterocycles. The Labute approximate surface area is 86.0 Å². The summed E-state index contributed by atoms with van der Waals surface area (Å²) in [5.41, 5.74) is 1.36. The van der Waals surface area contributed by atoms with Crippen molar-refractivity contribution < 1.29 is 25.4 Å². The molecule has 2 rings (SSSR count). The Hall–Kier alpha value is -1.75. The van der Waals surface area contributed by atoms with E-state index in [0.717, 1.165) is 5.56 Å². The average molecular weight is 209 g/mol. The molecular weight excluding hydrogens is 198 g/mol. The van der Waals surface area contributed by atoms with Crippen molar-refractivity contribution in [2.45, 2.75) is 19.0 Å². The summed E-state index contributed by atoms with van der Waals surface area (Å²) in [6, 6.07) is 2.39. The standard InChI is InChI=1S/C10H11NO4/c12-8-2-1-5-3-7(10(14)15)11-4-6(5)9(8)13/h1-2,7,11-13H,3-4H2,(H,14,15)/t7-/m1/s1. The molecule has 5 nitrogen and oxygen atoms in total. The number of carboxylic acids is 1. The molecule has 0 aromatic heterocycles. The highest BCUT2D eigenvalue weighted by molar-refractivity contribution is 5.70. The largest absolute Gasteiger partial charge is 0.544 e. The SMILES string of the molecule is O=C([O-])[C@H]1Cc2ccc(O)c(O)c2C[NH2+]1. The Morgan fingerprint density at radius 3 is 2.87 bits per heavy atom. The number of carbonyl (C=O) groups is 1. The van der Waals surface area contributed by atoms with Gasteiger partial charge in [-0.2, -0.15) is 0 Å². The van der Waals surface area contributed by atoms with Crippen molar-refractivity contribution in [3.05, 3.63) is 23.3 Å². The van der Waals surface area contributed by atoms with Gasteiger partial charge in [-0.25, -0.2) is 0 Å². The fraction of sp³-hybridized carbons (Fsp3) is 0.300. The van der Waals surface area contributed by atoms with E-state index in [9.17, 15) is 20.1 Å². The number of hydrogen-bond acceptors (Lipinski definition) is 4. The van der Waals surface area contributed by atoms with Crippen LogP contribution in [0.4, 0.5) is 0 Å². The lowest BCUT2D eigenvalue weighted by Gasteiger charge is -2.24. The molecule has 1 aromatic rings. The second-order valence-electron chi connectivity index (χ2n) is 3.64. The summed E-state index contributed by atoms with van der Waals surface area (Å²) in [5, 5.41) is 31.0. The lowest BCUT2D eigenvalue weighted by molar-refractivity contribution is -0.701. The van der Waals surface area contributed by atoms with E-state index < -0.39 is 12.0 Å². The predicted octanol–water partition coefficient (Wildman–Crippen LogP) is -2.16. The number of rotatable bonds is 1. The van der Waals surface area contributed by atoms with Crippen LogP contribution in [0.2, 0.25) is 0 Å². The molecule has 15 heavy (non-hydrogen) atoms. The first kappa shape index (κ1) is 9.79. The fourth-order valence-corrected chi connectivity index (χ4v) is 1.84. The topological polar surface area (TPSA) is 97.2 Å². The van der Waals surface area contributed by atoms with E-state index in [2.05, 4.69) is 0 Å². The van der Waals surface area contributed by atoms with Gasteiger partial charge in [0.15, 0.2) is 11.5 Å². The van der Waals surface area contributed by atoms with Crippen LogP contribution < -0.4 is 10.4 Å². The van der Waals surface area contributed by atoms with Crippen molar-refractivity contribution in [2.75, 3.05) is 0 Å². The Balaban J connectivity index is 2.36. The molecule has 0 amide bonds. The fourth-order valence-electron chi connectivity index (χ4n) is 1.84. The van der Waals surface area contributed by atoms with Crippen LogP contribution in [0, 0.1) is 0 Å². The van der Waals surface area contributed by atoms with Gasteiger partial charge in [0.2, 0.25) is 0 Å². The van der Waals surface area contributed by atoms with Crippen molar-refractivity contribution in [2.24, 2.45) is 0 Å². The molecule has 1 aliphatic rings. The van der Waals surface area contributed by atoms with Crippen molar-refractivity contribution in [3.8, 4) is 11.5 Å². The molecule has 0 unspecified atom stereocenters. The van der Waals surface area contributed by atoms with Crippen LogP contribution in [0.15, 0.2) is 12.1 Å². The Morgan fingerprint density at radius 1 is 1.47 bits per heavy atom. The number of benzene rings is 1. The number of quaternary nitrogens is 1. The number of phenols is 2. The highest BCUT2D eigenvalue weighted by Gasteiger charge is 2.25. The molecular formula is C10H11NO4. The van der Waals surface area contributed by atoms with Crippen molar-refractivity contribution in [1.29, 1.82) is 0 Å². The molecule has 0 aliphatic carbocycles. The van der Waals surface area contributed by atoms with Gasteiger partial charge in [0, 0.05) is 6.42 Å². The number of fused-ring (bicyclic) bond motifs is 1. The van der Waals surface area contributed by atoms with Gasteiger partial charge in [-0.1, -0.05) is 6.07 Å². The number of carbonyl (C=O) groups excluding carboxylic acids is 1. The monoisotopic (exact) mass is 209 g/mol. The summed E-state index contributed by atoms with van der Waals surface area (Å²) < 4.78 is 0. The minimum Gasteiger partial charge on any atom is -0.544 e. The molecule has 1 aromatic carbocycles. The summed E-state index contributed by atoms with van der Waals surface area (Å²) >= 11 is 0. The summed E-state index contributed by atoms with van der Waals surface area (Å²) in [6.07, 6.45) is 0.311. The lowest BCUT2D eigenvalue weighted by atomic mass is 9.95. The summed E-state index contributed by atoms with van der Waals surface area (Å²) in [4.78, 5) is 10.7. The Morgan fingerprint density at radius 2 is 2.20 bits per heavy atom. The van der Waals surface area contributed by atoms with Crippen LogP contribution in [0.25, 0.3) is 0 Å². The van der Waals surface area contributed by atoms with Crippen LogP contribution in [0.3, 0.4) is 0 Å². The van der Waals surface area contributed by atoms with Gasteiger partial charge in [-0.3, -0.25) is 0 Å². The zero-order chi connectivity index (χ0) is 11.0. The third kappa shape index (κ3) is 1.61. The first-order chi connectivity index (χ1) is 7.09. The number of hydrogen-bond donors (Lipinski definition) is 3. The Bertz CT molecular complexity index is 416. The van der Waals surface area contributed by atoms with E-state index in [4.69, 9.17) is 0 Å². The molecule has 5 heteroatoms. The van der Waals surface area contributed by atoms with Gasteiger partial charge in [0.25, 0.3) is 0 Å². The van der Waals surface area contributed by atoms with Gasteiger partial charge in [0.05, 0.1) is 11.5 Å². The average Bonchev–Trinajstić information content (AvgIpc) is 2.23. The van der Waals surface area contributed by atoms with Crippen molar-refractivity contribution >= 4 is 5.97 Å². The maximum atomic E-state index is 10.7. The number of aromatic hydroxyl groups is 2. The zero-order valence-corrected chi connectivity index (χ0v) is 7.93. The smallest absolute Gasteiger partial charge is 0.166 e. The third-order valence-electron chi connectivity index (χ3n) is 2.71. The van der Waals surface area contributed by atoms with Crippen LogP contribution >= 0.6 is 0 Å². The number of nitrogens with two attached hydrogens (primary N) is 1. The molecule has 0 saturated heterocycles. The number of phenolic OH excluding ortho intramolecular Hbond substituents is 2. The lowest BCUT2D eigenvalue weighted by Crippen LogP contribution is -2.93. The summed E-state index contributed by atoms with van der Waals surface area (Å²) in [5.74, 6) is -1.43. The minimum absolute atomic E-state index is 0.152. The summed E-state index contributed by atoms with van der Waals surface area (Å²) in [6.45, 7) is 0.341. The second-order valence-corrected chi connectivity index (χ2v) is 3.64.